The highest BCUT2D eigenvalue weighted by Crippen LogP contribution is 2.45. The van der Waals surface area contributed by atoms with Crippen molar-refractivity contribution < 1.29 is 18.8 Å². The number of fused-ring (bicyclic) bond motifs is 1. The Bertz CT molecular complexity index is 1540. The zero-order chi connectivity index (χ0) is 29.1. The van der Waals surface area contributed by atoms with E-state index in [4.69, 9.17) is 4.98 Å². The molecule has 1 aliphatic rings. The Morgan fingerprint density at radius 3 is 2.51 bits per heavy atom. The molecular weight excluding hydrogens is 539 g/mol. The van der Waals surface area contributed by atoms with E-state index in [-0.39, 0.29) is 24.9 Å². The van der Waals surface area contributed by atoms with Crippen molar-refractivity contribution in [3.63, 3.8) is 0 Å². The summed E-state index contributed by atoms with van der Waals surface area (Å²) >= 11 is -1.37. The SMILES string of the molecule is CC(C)(C)[S+]([O-])N1Cc2cc(C(=O)NCc3ccccc3F)nc(-c3cccc(-c4ccncc4)c3)c2[C@@H]1CCO. The molecule has 2 aromatic heterocycles. The number of amides is 1. The van der Waals surface area contributed by atoms with Gasteiger partial charge in [0.1, 0.15) is 16.3 Å². The lowest BCUT2D eigenvalue weighted by Gasteiger charge is -2.33. The average Bonchev–Trinajstić information content (AvgIpc) is 3.34. The van der Waals surface area contributed by atoms with E-state index in [1.165, 1.54) is 6.07 Å². The second-order valence-electron chi connectivity index (χ2n) is 11.0. The quantitative estimate of drug-likeness (QED) is 0.267. The Labute approximate surface area is 242 Å². The van der Waals surface area contributed by atoms with Crippen molar-refractivity contribution in [3.05, 3.63) is 107 Å². The lowest BCUT2D eigenvalue weighted by molar-refractivity contribution is 0.0945. The minimum atomic E-state index is -1.37. The fourth-order valence-corrected chi connectivity index (χ4v) is 6.51. The van der Waals surface area contributed by atoms with Crippen molar-refractivity contribution >= 4 is 17.3 Å². The van der Waals surface area contributed by atoms with Gasteiger partial charge in [0.2, 0.25) is 0 Å². The number of halogens is 1. The highest BCUT2D eigenvalue weighted by molar-refractivity contribution is 7.90. The number of pyridine rings is 2. The third-order valence-corrected chi connectivity index (χ3v) is 8.93. The number of nitrogens with zero attached hydrogens (tertiary/aromatic N) is 3. The van der Waals surface area contributed by atoms with Crippen molar-refractivity contribution in [2.75, 3.05) is 6.61 Å². The number of aliphatic hydroxyl groups excluding tert-OH is 1. The molecule has 3 heterocycles. The zero-order valence-electron chi connectivity index (χ0n) is 23.3. The molecule has 0 saturated carbocycles. The van der Waals surface area contributed by atoms with Crippen LogP contribution in [-0.4, -0.2) is 41.2 Å². The van der Waals surface area contributed by atoms with Crippen LogP contribution in [0.15, 0.2) is 79.1 Å². The van der Waals surface area contributed by atoms with Crippen LogP contribution in [0.3, 0.4) is 0 Å². The van der Waals surface area contributed by atoms with E-state index in [1.54, 1.807) is 36.7 Å². The predicted octanol–water partition coefficient (Wildman–Crippen LogP) is 5.58. The van der Waals surface area contributed by atoms with Crippen LogP contribution in [0.5, 0.6) is 0 Å². The summed E-state index contributed by atoms with van der Waals surface area (Å²) in [5, 5.41) is 12.8. The molecule has 7 nitrogen and oxygen atoms in total. The number of carbonyl (C=O) groups is 1. The monoisotopic (exact) mass is 572 g/mol. The number of benzene rings is 2. The van der Waals surface area contributed by atoms with Gasteiger partial charge in [-0.3, -0.25) is 9.78 Å². The van der Waals surface area contributed by atoms with Crippen molar-refractivity contribution in [2.24, 2.45) is 0 Å². The van der Waals surface area contributed by atoms with Gasteiger partial charge in [-0.1, -0.05) is 36.4 Å². The van der Waals surface area contributed by atoms with Crippen molar-refractivity contribution in [1.82, 2.24) is 19.6 Å². The smallest absolute Gasteiger partial charge is 0.270 e. The molecule has 0 aliphatic carbocycles. The summed E-state index contributed by atoms with van der Waals surface area (Å²) in [5.74, 6) is -0.827. The van der Waals surface area contributed by atoms with Crippen LogP contribution in [0.2, 0.25) is 0 Å². The first-order valence-electron chi connectivity index (χ1n) is 13.5. The maximum Gasteiger partial charge on any atom is 0.270 e. The molecule has 4 aromatic rings. The van der Waals surface area contributed by atoms with E-state index in [0.717, 1.165) is 27.8 Å². The molecule has 41 heavy (non-hydrogen) atoms. The third-order valence-electron chi connectivity index (χ3n) is 7.07. The Hall–Kier alpha value is -3.63. The summed E-state index contributed by atoms with van der Waals surface area (Å²) in [7, 11) is 0. The van der Waals surface area contributed by atoms with Gasteiger partial charge in [0.25, 0.3) is 5.91 Å². The topological polar surface area (TPSA) is 101 Å². The first kappa shape index (κ1) is 28.9. The van der Waals surface area contributed by atoms with Gasteiger partial charge in [-0.25, -0.2) is 9.37 Å². The van der Waals surface area contributed by atoms with Gasteiger partial charge in [0.15, 0.2) is 0 Å². The zero-order valence-corrected chi connectivity index (χ0v) is 24.1. The molecule has 0 fully saturated rings. The van der Waals surface area contributed by atoms with Crippen LogP contribution in [-0.2, 0) is 24.5 Å². The summed E-state index contributed by atoms with van der Waals surface area (Å²) in [5.41, 5.74) is 5.59. The second kappa shape index (κ2) is 12.1. The summed E-state index contributed by atoms with van der Waals surface area (Å²) < 4.78 is 29.2. The Morgan fingerprint density at radius 2 is 1.80 bits per heavy atom. The lowest BCUT2D eigenvalue weighted by atomic mass is 9.94. The Morgan fingerprint density at radius 1 is 1.07 bits per heavy atom. The fourth-order valence-electron chi connectivity index (χ4n) is 5.10. The van der Waals surface area contributed by atoms with E-state index in [9.17, 15) is 18.8 Å². The van der Waals surface area contributed by atoms with Crippen molar-refractivity contribution in [3.8, 4) is 22.4 Å². The van der Waals surface area contributed by atoms with E-state index in [1.807, 2.05) is 61.5 Å². The van der Waals surface area contributed by atoms with Gasteiger partial charge < -0.3 is 15.0 Å². The summed E-state index contributed by atoms with van der Waals surface area (Å²) in [6, 6.07) is 19.4. The number of carbonyl (C=O) groups excluding carboxylic acids is 1. The van der Waals surface area contributed by atoms with Crippen LogP contribution in [0.4, 0.5) is 4.39 Å². The second-order valence-corrected chi connectivity index (χ2v) is 13.2. The van der Waals surface area contributed by atoms with Crippen LogP contribution in [0.1, 0.15) is 60.4 Å². The molecule has 1 unspecified atom stereocenters. The van der Waals surface area contributed by atoms with Crippen LogP contribution >= 0.6 is 0 Å². The highest BCUT2D eigenvalue weighted by atomic mass is 32.2. The van der Waals surface area contributed by atoms with Gasteiger partial charge in [-0.15, -0.1) is 4.31 Å². The molecule has 1 aliphatic heterocycles. The van der Waals surface area contributed by atoms with E-state index >= 15 is 0 Å². The molecule has 5 rings (SSSR count). The molecule has 1 amide bonds. The molecule has 212 valence electrons. The predicted molar refractivity (Wildman–Crippen MR) is 158 cm³/mol. The fraction of sp³-hybridized carbons (Fsp3) is 0.281. The maximum atomic E-state index is 14.2. The molecule has 9 heteroatoms. The summed E-state index contributed by atoms with van der Waals surface area (Å²) in [6.07, 6.45) is 3.83. The van der Waals surface area contributed by atoms with Crippen molar-refractivity contribution in [2.45, 2.75) is 51.1 Å². The van der Waals surface area contributed by atoms with Crippen molar-refractivity contribution in [1.29, 1.82) is 0 Å². The molecule has 2 atom stereocenters. The Balaban J connectivity index is 1.60. The first-order chi connectivity index (χ1) is 19.7. The Kier molecular flexibility index (Phi) is 8.51. The van der Waals surface area contributed by atoms with Crippen LogP contribution in [0.25, 0.3) is 22.4 Å². The highest BCUT2D eigenvalue weighted by Gasteiger charge is 2.44. The molecule has 0 bridgehead atoms. The van der Waals surface area contributed by atoms with E-state index < -0.39 is 27.8 Å². The first-order valence-corrected chi connectivity index (χ1v) is 14.6. The molecule has 0 spiro atoms. The van der Waals surface area contributed by atoms with Gasteiger partial charge in [0.05, 0.1) is 18.3 Å². The van der Waals surface area contributed by atoms with Gasteiger partial charge in [0, 0.05) is 53.6 Å². The normalized spacial score (nSPS) is 15.9. The molecule has 2 aromatic carbocycles. The number of hydrogen-bond acceptors (Lipinski definition) is 6. The van der Waals surface area contributed by atoms with Crippen LogP contribution in [0, 0.1) is 5.82 Å². The molecule has 0 saturated heterocycles. The molecule has 0 radical (unpaired) electrons. The maximum absolute atomic E-state index is 14.2. The number of rotatable bonds is 8. The van der Waals surface area contributed by atoms with Gasteiger partial charge >= 0.3 is 0 Å². The third kappa shape index (κ3) is 6.18. The standard InChI is InChI=1S/C32H33FN4O3S/c1-32(2,3)41(40)37-20-25-18-27(31(39)35-19-24-7-4-5-10-26(24)33)36-30(29(25)28(37)13-16-38)23-9-6-8-22(17-23)21-11-14-34-15-12-21/h4-12,14-15,17-18,28,38H,13,16,19-20H2,1-3H3,(H,35,39)/t28-,41?/m0/s1. The lowest BCUT2D eigenvalue weighted by Crippen LogP contribution is -2.42. The number of nitrogens with one attached hydrogen (secondary N) is 1. The average molecular weight is 573 g/mol. The molecule has 2 N–H and O–H groups in total. The van der Waals surface area contributed by atoms with Crippen LogP contribution < -0.4 is 5.32 Å². The largest absolute Gasteiger partial charge is 0.597 e. The minimum absolute atomic E-state index is 0.0183. The number of aliphatic hydroxyl groups is 1. The number of hydrogen-bond donors (Lipinski definition) is 2. The van der Waals surface area contributed by atoms with Gasteiger partial charge in [-0.2, -0.15) is 0 Å². The molecular formula is C32H33FN4O3S. The van der Waals surface area contributed by atoms with Gasteiger partial charge in [-0.05, 0) is 74.2 Å². The van der Waals surface area contributed by atoms with E-state index in [0.29, 0.717) is 24.2 Å². The number of aromatic nitrogens is 2. The minimum Gasteiger partial charge on any atom is -0.597 e. The van der Waals surface area contributed by atoms with E-state index in [2.05, 4.69) is 10.3 Å². The summed E-state index contributed by atoms with van der Waals surface area (Å²) in [4.78, 5) is 22.3. The summed E-state index contributed by atoms with van der Waals surface area (Å²) in [6.45, 7) is 6.02.